The van der Waals surface area contributed by atoms with Gasteiger partial charge in [-0.2, -0.15) is 0 Å². The van der Waals surface area contributed by atoms with E-state index in [2.05, 4.69) is 30.3 Å². The number of aliphatic hydroxyl groups is 1. The van der Waals surface area contributed by atoms with Gasteiger partial charge < -0.3 is 5.11 Å². The molecule has 1 aliphatic carbocycles. The first-order chi connectivity index (χ1) is 9.73. The van der Waals surface area contributed by atoms with E-state index in [1.165, 1.54) is 16.7 Å². The molecule has 1 unspecified atom stereocenters. The Bertz CT molecular complexity index is 608. The Kier molecular flexibility index (Phi) is 3.82. The zero-order valence-corrected chi connectivity index (χ0v) is 12.2. The Morgan fingerprint density at radius 1 is 1.10 bits per heavy atom. The van der Waals surface area contributed by atoms with Gasteiger partial charge in [-0.05, 0) is 54.5 Å². The molecule has 0 bridgehead atoms. The predicted octanol–water partition coefficient (Wildman–Crippen LogP) is 4.15. The van der Waals surface area contributed by atoms with Crippen LogP contribution in [0.3, 0.4) is 0 Å². The van der Waals surface area contributed by atoms with Crippen molar-refractivity contribution in [1.29, 1.82) is 0 Å². The molecule has 0 radical (unpaired) electrons. The summed E-state index contributed by atoms with van der Waals surface area (Å²) in [6, 6.07) is 16.5. The fourth-order valence-corrected chi connectivity index (χ4v) is 3.66. The van der Waals surface area contributed by atoms with E-state index in [1.807, 2.05) is 18.2 Å². The van der Waals surface area contributed by atoms with Crippen LogP contribution in [0.1, 0.15) is 29.5 Å². The highest BCUT2D eigenvalue weighted by atomic mass is 35.5. The summed E-state index contributed by atoms with van der Waals surface area (Å²) < 4.78 is 0. The second-order valence-corrected chi connectivity index (χ2v) is 6.19. The lowest BCUT2D eigenvalue weighted by Gasteiger charge is -2.38. The molecule has 0 spiro atoms. The number of benzene rings is 2. The maximum atomic E-state index is 10.1. The monoisotopic (exact) mass is 286 g/mol. The van der Waals surface area contributed by atoms with Crippen LogP contribution in [-0.4, -0.2) is 11.7 Å². The highest BCUT2D eigenvalue weighted by Gasteiger charge is 2.35. The molecule has 3 rings (SSSR count). The van der Waals surface area contributed by atoms with Crippen LogP contribution in [0.2, 0.25) is 5.02 Å². The number of halogens is 1. The molecule has 0 aliphatic heterocycles. The third-order valence-electron chi connectivity index (χ3n) is 4.42. The summed E-state index contributed by atoms with van der Waals surface area (Å²) in [5.74, 6) is 0. The average molecular weight is 287 g/mol. The van der Waals surface area contributed by atoms with Crippen molar-refractivity contribution in [2.24, 2.45) is 0 Å². The first-order valence-corrected chi connectivity index (χ1v) is 7.55. The van der Waals surface area contributed by atoms with Gasteiger partial charge in [0.15, 0.2) is 0 Å². The van der Waals surface area contributed by atoms with Gasteiger partial charge in [0.25, 0.3) is 0 Å². The van der Waals surface area contributed by atoms with Crippen LogP contribution >= 0.6 is 11.6 Å². The second-order valence-electron chi connectivity index (χ2n) is 5.76. The van der Waals surface area contributed by atoms with Crippen molar-refractivity contribution in [2.45, 2.75) is 31.1 Å². The maximum absolute atomic E-state index is 10.1. The highest BCUT2D eigenvalue weighted by Crippen LogP contribution is 2.39. The van der Waals surface area contributed by atoms with Gasteiger partial charge in [0.1, 0.15) is 0 Å². The third kappa shape index (κ3) is 2.48. The average Bonchev–Trinajstić information content (AvgIpc) is 2.47. The van der Waals surface area contributed by atoms with E-state index in [9.17, 15) is 5.11 Å². The summed E-state index contributed by atoms with van der Waals surface area (Å²) in [5.41, 5.74) is 3.74. The van der Waals surface area contributed by atoms with E-state index in [4.69, 9.17) is 11.6 Å². The Morgan fingerprint density at radius 2 is 1.95 bits per heavy atom. The molecule has 2 aromatic carbocycles. The molecule has 2 heteroatoms. The molecule has 0 aromatic heterocycles. The van der Waals surface area contributed by atoms with Gasteiger partial charge in [-0.25, -0.2) is 0 Å². The van der Waals surface area contributed by atoms with Crippen LogP contribution < -0.4 is 0 Å². The Hall–Kier alpha value is -1.31. The molecular weight excluding hydrogens is 268 g/mol. The lowest BCUT2D eigenvalue weighted by molar-refractivity contribution is 0.173. The molecule has 0 amide bonds. The van der Waals surface area contributed by atoms with Crippen molar-refractivity contribution in [3.8, 4) is 0 Å². The minimum atomic E-state index is -0.153. The number of fused-ring (bicyclic) bond motifs is 1. The van der Waals surface area contributed by atoms with Crippen molar-refractivity contribution in [1.82, 2.24) is 0 Å². The van der Waals surface area contributed by atoms with E-state index in [1.54, 1.807) is 0 Å². The Morgan fingerprint density at radius 3 is 2.75 bits per heavy atom. The zero-order chi connectivity index (χ0) is 14.0. The normalized spacial score (nSPS) is 21.5. The van der Waals surface area contributed by atoms with Crippen LogP contribution in [-0.2, 0) is 18.3 Å². The lowest BCUT2D eigenvalue weighted by Crippen LogP contribution is -2.37. The summed E-state index contributed by atoms with van der Waals surface area (Å²) in [7, 11) is 0. The smallest absolute Gasteiger partial charge is 0.0531 e. The molecule has 1 atom stereocenters. The first kappa shape index (κ1) is 13.7. The van der Waals surface area contributed by atoms with E-state index in [0.29, 0.717) is 0 Å². The van der Waals surface area contributed by atoms with E-state index >= 15 is 0 Å². The summed E-state index contributed by atoms with van der Waals surface area (Å²) in [6.07, 6.45) is 4.14. The van der Waals surface area contributed by atoms with Gasteiger partial charge in [-0.15, -0.1) is 0 Å². The first-order valence-electron chi connectivity index (χ1n) is 7.17. The van der Waals surface area contributed by atoms with E-state index in [0.717, 1.165) is 30.7 Å². The van der Waals surface area contributed by atoms with Crippen molar-refractivity contribution in [3.63, 3.8) is 0 Å². The van der Waals surface area contributed by atoms with E-state index < -0.39 is 0 Å². The molecule has 1 N–H and O–H groups in total. The minimum Gasteiger partial charge on any atom is -0.395 e. The van der Waals surface area contributed by atoms with Gasteiger partial charge in [0.05, 0.1) is 6.61 Å². The van der Waals surface area contributed by atoms with Gasteiger partial charge in [-0.1, -0.05) is 48.0 Å². The molecule has 20 heavy (non-hydrogen) atoms. The zero-order valence-electron chi connectivity index (χ0n) is 11.5. The van der Waals surface area contributed by atoms with Crippen molar-refractivity contribution in [3.05, 3.63) is 70.2 Å². The molecule has 1 aliphatic rings. The standard InChI is InChI=1S/C18H19ClO/c19-16-8-3-5-14(11-16)12-18(13-20)10-4-7-15-6-1-2-9-17(15)18/h1-3,5-6,8-9,11,20H,4,7,10,12-13H2. The van der Waals surface area contributed by atoms with Gasteiger partial charge in [0, 0.05) is 10.4 Å². The van der Waals surface area contributed by atoms with Crippen LogP contribution in [0.4, 0.5) is 0 Å². The largest absolute Gasteiger partial charge is 0.395 e. The number of hydrogen-bond donors (Lipinski definition) is 1. The lowest BCUT2D eigenvalue weighted by atomic mass is 9.67. The summed E-state index contributed by atoms with van der Waals surface area (Å²) in [6.45, 7) is 0.191. The van der Waals surface area contributed by atoms with Gasteiger partial charge in [-0.3, -0.25) is 0 Å². The number of hydrogen-bond acceptors (Lipinski definition) is 1. The topological polar surface area (TPSA) is 20.2 Å². The molecule has 1 nitrogen and oxygen atoms in total. The summed E-state index contributed by atoms with van der Waals surface area (Å²) >= 11 is 6.09. The predicted molar refractivity (Wildman–Crippen MR) is 83.3 cm³/mol. The van der Waals surface area contributed by atoms with Crippen LogP contribution in [0.25, 0.3) is 0 Å². The summed E-state index contributed by atoms with van der Waals surface area (Å²) in [4.78, 5) is 0. The maximum Gasteiger partial charge on any atom is 0.0531 e. The minimum absolute atomic E-state index is 0.153. The fourth-order valence-electron chi connectivity index (χ4n) is 3.45. The molecular formula is C18H19ClO. The quantitative estimate of drug-likeness (QED) is 0.899. The molecule has 104 valence electrons. The molecule has 0 fully saturated rings. The molecule has 2 aromatic rings. The van der Waals surface area contributed by atoms with Crippen molar-refractivity contribution >= 4 is 11.6 Å². The molecule has 0 heterocycles. The van der Waals surface area contributed by atoms with Crippen LogP contribution in [0.15, 0.2) is 48.5 Å². The summed E-state index contributed by atoms with van der Waals surface area (Å²) in [5, 5.41) is 10.8. The second kappa shape index (κ2) is 5.59. The molecule has 0 saturated carbocycles. The third-order valence-corrected chi connectivity index (χ3v) is 4.66. The van der Waals surface area contributed by atoms with Crippen molar-refractivity contribution < 1.29 is 5.11 Å². The SMILES string of the molecule is OCC1(Cc2cccc(Cl)c2)CCCc2ccccc21. The number of aryl methyl sites for hydroxylation is 1. The van der Waals surface area contributed by atoms with Gasteiger partial charge in [0.2, 0.25) is 0 Å². The van der Waals surface area contributed by atoms with Crippen LogP contribution in [0.5, 0.6) is 0 Å². The van der Waals surface area contributed by atoms with Crippen LogP contribution in [0, 0.1) is 0 Å². The molecule has 0 saturated heterocycles. The Balaban J connectivity index is 2.00. The number of aliphatic hydroxyl groups excluding tert-OH is 1. The van der Waals surface area contributed by atoms with Crippen molar-refractivity contribution in [2.75, 3.05) is 6.61 Å². The number of rotatable bonds is 3. The van der Waals surface area contributed by atoms with Gasteiger partial charge >= 0.3 is 0 Å². The van der Waals surface area contributed by atoms with E-state index in [-0.39, 0.29) is 12.0 Å². The highest BCUT2D eigenvalue weighted by molar-refractivity contribution is 6.30. The Labute approximate surface area is 125 Å². The fraction of sp³-hybridized carbons (Fsp3) is 0.333.